The predicted molar refractivity (Wildman–Crippen MR) is 64.4 cm³/mol. The highest BCUT2D eigenvalue weighted by Crippen LogP contribution is 2.16. The summed E-state index contributed by atoms with van der Waals surface area (Å²) in [4.78, 5) is 0. The highest BCUT2D eigenvalue weighted by molar-refractivity contribution is 6.18. The lowest BCUT2D eigenvalue weighted by Crippen LogP contribution is -1.96. The van der Waals surface area contributed by atoms with Crippen molar-refractivity contribution in [2.45, 2.75) is 19.8 Å². The molecule has 0 aliphatic rings. The Balaban J connectivity index is 2.78. The number of hydrogen-bond acceptors (Lipinski definition) is 1. The van der Waals surface area contributed by atoms with Gasteiger partial charge in [-0.3, -0.25) is 0 Å². The van der Waals surface area contributed by atoms with Crippen LogP contribution in [-0.2, 0) is 0 Å². The molecule has 0 spiro atoms. The number of halogens is 2. The molecule has 0 heterocycles. The monoisotopic (exact) mass is 240 g/mol. The summed E-state index contributed by atoms with van der Waals surface area (Å²) in [6.45, 7) is 2.58. The normalized spacial score (nSPS) is 9.44. The first-order valence-corrected chi connectivity index (χ1v) is 5.78. The molecule has 0 fully saturated rings. The maximum absolute atomic E-state index is 13.2. The van der Waals surface area contributed by atoms with Crippen molar-refractivity contribution in [3.8, 4) is 17.6 Å². The second kappa shape index (κ2) is 7.14. The number of ether oxygens (including phenoxy) is 1. The van der Waals surface area contributed by atoms with Crippen molar-refractivity contribution >= 4 is 11.6 Å². The summed E-state index contributed by atoms with van der Waals surface area (Å²) in [5, 5.41) is 0. The number of rotatable bonds is 4. The predicted octanol–water partition coefficient (Wildman–Crippen LogP) is 3.59. The van der Waals surface area contributed by atoms with Crippen LogP contribution in [0.4, 0.5) is 4.39 Å². The van der Waals surface area contributed by atoms with Gasteiger partial charge in [-0.25, -0.2) is 4.39 Å². The van der Waals surface area contributed by atoms with Gasteiger partial charge in [-0.1, -0.05) is 18.8 Å². The Kier molecular flexibility index (Phi) is 5.74. The van der Waals surface area contributed by atoms with E-state index in [0.717, 1.165) is 6.42 Å². The lowest BCUT2D eigenvalue weighted by Gasteiger charge is -2.04. The van der Waals surface area contributed by atoms with Crippen LogP contribution >= 0.6 is 11.6 Å². The van der Waals surface area contributed by atoms with E-state index in [1.54, 1.807) is 6.07 Å². The zero-order valence-corrected chi connectivity index (χ0v) is 9.98. The zero-order valence-electron chi connectivity index (χ0n) is 9.22. The molecule has 0 radical (unpaired) electrons. The summed E-state index contributed by atoms with van der Waals surface area (Å²) in [5.74, 6) is 6.39. The van der Waals surface area contributed by atoms with E-state index in [2.05, 4.69) is 11.8 Å². The van der Waals surface area contributed by atoms with Crippen molar-refractivity contribution in [2.75, 3.05) is 12.5 Å². The molecule has 16 heavy (non-hydrogen) atoms. The Morgan fingerprint density at radius 1 is 1.38 bits per heavy atom. The Morgan fingerprint density at radius 2 is 2.19 bits per heavy atom. The van der Waals surface area contributed by atoms with Crippen LogP contribution in [0.3, 0.4) is 0 Å². The van der Waals surface area contributed by atoms with Crippen molar-refractivity contribution in [3.05, 3.63) is 29.6 Å². The first-order valence-electron chi connectivity index (χ1n) is 5.24. The van der Waals surface area contributed by atoms with E-state index in [0.29, 0.717) is 30.2 Å². The molecule has 0 saturated carbocycles. The zero-order chi connectivity index (χ0) is 11.8. The van der Waals surface area contributed by atoms with Crippen LogP contribution in [-0.4, -0.2) is 12.5 Å². The molecule has 1 aromatic rings. The molecule has 1 aromatic carbocycles. The molecule has 0 N–H and O–H groups in total. The molecular weight excluding hydrogens is 227 g/mol. The lowest BCUT2D eigenvalue weighted by molar-refractivity contribution is 0.315. The van der Waals surface area contributed by atoms with Crippen molar-refractivity contribution in [2.24, 2.45) is 0 Å². The highest BCUT2D eigenvalue weighted by atomic mass is 35.5. The van der Waals surface area contributed by atoms with Crippen LogP contribution in [0.2, 0.25) is 0 Å². The largest absolute Gasteiger partial charge is 0.493 e. The molecule has 0 aromatic heterocycles. The maximum Gasteiger partial charge on any atom is 0.128 e. The fraction of sp³-hybridized carbons (Fsp3) is 0.385. The molecule has 0 aliphatic heterocycles. The minimum absolute atomic E-state index is 0.330. The van der Waals surface area contributed by atoms with Gasteiger partial charge in [0, 0.05) is 23.9 Å². The van der Waals surface area contributed by atoms with Crippen molar-refractivity contribution in [3.63, 3.8) is 0 Å². The standard InChI is InChI=1S/C13H14ClFO/c1-2-7-16-13-9-11(5-3-4-6-14)8-12(15)10-13/h8-10H,2,4,6-7H2,1H3. The smallest absolute Gasteiger partial charge is 0.128 e. The van der Waals surface area contributed by atoms with Crippen LogP contribution in [0.5, 0.6) is 5.75 Å². The van der Waals surface area contributed by atoms with Gasteiger partial charge in [0.25, 0.3) is 0 Å². The maximum atomic E-state index is 13.2. The Labute approximate surface area is 101 Å². The first-order chi connectivity index (χ1) is 7.76. The molecule has 1 nitrogen and oxygen atoms in total. The average molecular weight is 241 g/mol. The van der Waals surface area contributed by atoms with Crippen molar-refractivity contribution < 1.29 is 9.13 Å². The second-order valence-electron chi connectivity index (χ2n) is 3.26. The molecule has 0 amide bonds. The summed E-state index contributed by atoms with van der Waals surface area (Å²) in [7, 11) is 0. The lowest BCUT2D eigenvalue weighted by atomic mass is 10.2. The molecular formula is C13H14ClFO. The molecule has 0 unspecified atom stereocenters. The van der Waals surface area contributed by atoms with Crippen LogP contribution < -0.4 is 4.74 Å². The number of benzene rings is 1. The average Bonchev–Trinajstić information content (AvgIpc) is 2.26. The third kappa shape index (κ3) is 4.55. The minimum atomic E-state index is -0.330. The fourth-order valence-corrected chi connectivity index (χ4v) is 1.24. The second-order valence-corrected chi connectivity index (χ2v) is 3.64. The van der Waals surface area contributed by atoms with Crippen LogP contribution in [0.25, 0.3) is 0 Å². The third-order valence-electron chi connectivity index (χ3n) is 1.80. The van der Waals surface area contributed by atoms with Gasteiger partial charge in [0.15, 0.2) is 0 Å². The summed E-state index contributed by atoms with van der Waals surface area (Å²) in [5.41, 5.74) is 0.621. The van der Waals surface area contributed by atoms with Gasteiger partial charge < -0.3 is 4.74 Å². The third-order valence-corrected chi connectivity index (χ3v) is 1.99. The van der Waals surface area contributed by atoms with Gasteiger partial charge in [-0.15, -0.1) is 11.6 Å². The van der Waals surface area contributed by atoms with Crippen molar-refractivity contribution in [1.29, 1.82) is 0 Å². The van der Waals surface area contributed by atoms with E-state index >= 15 is 0 Å². The SMILES string of the molecule is CCCOc1cc(F)cc(C#CCCCl)c1. The highest BCUT2D eigenvalue weighted by Gasteiger charge is 1.99. The van der Waals surface area contributed by atoms with Gasteiger partial charge in [-0.2, -0.15) is 0 Å². The van der Waals surface area contributed by atoms with E-state index in [4.69, 9.17) is 16.3 Å². The number of alkyl halides is 1. The van der Waals surface area contributed by atoms with Gasteiger partial charge >= 0.3 is 0 Å². The van der Waals surface area contributed by atoms with E-state index in [9.17, 15) is 4.39 Å². The number of hydrogen-bond donors (Lipinski definition) is 0. The topological polar surface area (TPSA) is 9.23 Å². The summed E-state index contributed by atoms with van der Waals surface area (Å²) < 4.78 is 18.5. The summed E-state index contributed by atoms with van der Waals surface area (Å²) >= 11 is 5.50. The van der Waals surface area contributed by atoms with Crippen molar-refractivity contribution in [1.82, 2.24) is 0 Å². The Morgan fingerprint density at radius 3 is 2.88 bits per heavy atom. The molecule has 0 aliphatic carbocycles. The summed E-state index contributed by atoms with van der Waals surface area (Å²) in [6, 6.07) is 4.49. The molecule has 0 atom stereocenters. The quantitative estimate of drug-likeness (QED) is 0.577. The van der Waals surface area contributed by atoms with Crippen LogP contribution in [0.15, 0.2) is 18.2 Å². The van der Waals surface area contributed by atoms with Gasteiger partial charge in [0.05, 0.1) is 6.61 Å². The van der Waals surface area contributed by atoms with E-state index < -0.39 is 0 Å². The minimum Gasteiger partial charge on any atom is -0.493 e. The Bertz CT molecular complexity index is 393. The molecule has 0 bridgehead atoms. The summed E-state index contributed by atoms with van der Waals surface area (Å²) in [6.07, 6.45) is 1.49. The van der Waals surface area contributed by atoms with Gasteiger partial charge in [0.1, 0.15) is 11.6 Å². The molecule has 3 heteroatoms. The van der Waals surface area contributed by atoms with Gasteiger partial charge in [0.2, 0.25) is 0 Å². The fourth-order valence-electron chi connectivity index (χ4n) is 1.15. The Hall–Kier alpha value is -1.20. The van der Waals surface area contributed by atoms with E-state index in [1.807, 2.05) is 6.92 Å². The van der Waals surface area contributed by atoms with Gasteiger partial charge in [-0.05, 0) is 18.6 Å². The van der Waals surface area contributed by atoms with E-state index in [-0.39, 0.29) is 5.82 Å². The molecule has 0 saturated heterocycles. The molecule has 86 valence electrons. The van der Waals surface area contributed by atoms with E-state index in [1.165, 1.54) is 12.1 Å². The molecule has 1 rings (SSSR count). The van der Waals surface area contributed by atoms with Crippen LogP contribution in [0.1, 0.15) is 25.3 Å². The van der Waals surface area contributed by atoms with Crippen LogP contribution in [0, 0.1) is 17.7 Å². The first kappa shape index (κ1) is 12.9.